The maximum absolute atomic E-state index is 11.2. The van der Waals surface area contributed by atoms with Crippen LogP contribution in [0.3, 0.4) is 0 Å². The minimum Gasteiger partial charge on any atom is -0.462 e. The van der Waals surface area contributed by atoms with Crippen molar-refractivity contribution in [2.24, 2.45) is 0 Å². The molecule has 0 aromatic heterocycles. The van der Waals surface area contributed by atoms with Crippen molar-refractivity contribution in [1.29, 1.82) is 0 Å². The number of rotatable bonds is 2. The van der Waals surface area contributed by atoms with Gasteiger partial charge >= 0.3 is 5.97 Å². The van der Waals surface area contributed by atoms with Crippen LogP contribution in [0, 0.1) is 0 Å². The minimum atomic E-state index is -0.0426. The molecule has 0 N–H and O–H groups in total. The molecule has 0 spiro atoms. The van der Waals surface area contributed by atoms with Gasteiger partial charge in [-0.25, -0.2) is 0 Å². The second-order valence-electron chi connectivity index (χ2n) is 4.49. The van der Waals surface area contributed by atoms with Crippen LogP contribution in [0.4, 0.5) is 0 Å². The van der Waals surface area contributed by atoms with E-state index in [2.05, 4.69) is 11.9 Å². The summed E-state index contributed by atoms with van der Waals surface area (Å²) in [6.07, 6.45) is 5.33. The second-order valence-corrected chi connectivity index (χ2v) is 4.49. The van der Waals surface area contributed by atoms with Gasteiger partial charge in [-0.05, 0) is 32.7 Å². The van der Waals surface area contributed by atoms with E-state index in [1.807, 2.05) is 6.92 Å². The zero-order chi connectivity index (χ0) is 10.1. The molecular formula is C11H19NO2. The summed E-state index contributed by atoms with van der Waals surface area (Å²) in [7, 11) is 2.19. The Labute approximate surface area is 85.4 Å². The maximum atomic E-state index is 11.2. The molecule has 0 aliphatic carbocycles. The Bertz CT molecular complexity index is 215. The molecule has 3 heteroatoms. The van der Waals surface area contributed by atoms with E-state index in [0.717, 1.165) is 12.8 Å². The van der Waals surface area contributed by atoms with E-state index in [0.29, 0.717) is 18.5 Å². The third kappa shape index (κ3) is 1.78. The lowest BCUT2D eigenvalue weighted by Gasteiger charge is -2.35. The Morgan fingerprint density at radius 3 is 2.43 bits per heavy atom. The summed E-state index contributed by atoms with van der Waals surface area (Å²) in [5, 5.41) is 0. The summed E-state index contributed by atoms with van der Waals surface area (Å²) < 4.78 is 5.40. The number of hydrogen-bond donors (Lipinski definition) is 0. The standard InChI is InChI=1S/C11H19NO2/c1-3-11(13)14-10-6-8-4-5-9(7-10)12(8)2/h8-10H,3-7H2,1-2H3. The third-order valence-corrected chi connectivity index (χ3v) is 3.64. The highest BCUT2D eigenvalue weighted by Gasteiger charge is 2.39. The van der Waals surface area contributed by atoms with E-state index in [-0.39, 0.29) is 12.1 Å². The van der Waals surface area contributed by atoms with Gasteiger partial charge in [-0.1, -0.05) is 6.92 Å². The van der Waals surface area contributed by atoms with Gasteiger partial charge in [0.2, 0.25) is 0 Å². The predicted octanol–water partition coefficient (Wildman–Crippen LogP) is 1.56. The summed E-state index contributed by atoms with van der Waals surface area (Å²) in [5.74, 6) is -0.0426. The van der Waals surface area contributed by atoms with E-state index in [1.54, 1.807) is 0 Å². The number of nitrogens with zero attached hydrogens (tertiary/aromatic N) is 1. The maximum Gasteiger partial charge on any atom is 0.305 e. The van der Waals surface area contributed by atoms with Gasteiger partial charge in [0.1, 0.15) is 6.10 Å². The zero-order valence-corrected chi connectivity index (χ0v) is 9.03. The van der Waals surface area contributed by atoms with Crippen molar-refractivity contribution in [3.63, 3.8) is 0 Å². The first-order valence-corrected chi connectivity index (χ1v) is 5.62. The van der Waals surface area contributed by atoms with Gasteiger partial charge in [0.15, 0.2) is 0 Å². The summed E-state index contributed by atoms with van der Waals surface area (Å²) >= 11 is 0. The van der Waals surface area contributed by atoms with Gasteiger partial charge < -0.3 is 9.64 Å². The summed E-state index contributed by atoms with van der Waals surface area (Å²) in [4.78, 5) is 13.6. The van der Waals surface area contributed by atoms with Crippen molar-refractivity contribution >= 4 is 5.97 Å². The van der Waals surface area contributed by atoms with Crippen LogP contribution >= 0.6 is 0 Å². The van der Waals surface area contributed by atoms with Gasteiger partial charge in [0, 0.05) is 18.5 Å². The quantitative estimate of drug-likeness (QED) is 0.629. The number of esters is 1. The fourth-order valence-electron chi connectivity index (χ4n) is 2.73. The average Bonchev–Trinajstić information content (AvgIpc) is 2.42. The number of carbonyl (C=O) groups is 1. The van der Waals surface area contributed by atoms with Gasteiger partial charge in [-0.3, -0.25) is 4.79 Å². The summed E-state index contributed by atoms with van der Waals surface area (Å²) in [6.45, 7) is 1.85. The summed E-state index contributed by atoms with van der Waals surface area (Å²) in [5.41, 5.74) is 0. The normalized spacial score (nSPS) is 37.1. The molecule has 0 amide bonds. The first kappa shape index (κ1) is 9.97. The second kappa shape index (κ2) is 3.89. The average molecular weight is 197 g/mol. The molecule has 14 heavy (non-hydrogen) atoms. The Morgan fingerprint density at radius 2 is 1.93 bits per heavy atom. The molecule has 0 aromatic carbocycles. The Morgan fingerprint density at radius 1 is 1.36 bits per heavy atom. The molecule has 2 aliphatic heterocycles. The molecule has 2 atom stereocenters. The highest BCUT2D eigenvalue weighted by molar-refractivity contribution is 5.69. The van der Waals surface area contributed by atoms with Crippen LogP contribution in [0.5, 0.6) is 0 Å². The van der Waals surface area contributed by atoms with Crippen LogP contribution in [0.15, 0.2) is 0 Å². The minimum absolute atomic E-state index is 0.0426. The highest BCUT2D eigenvalue weighted by Crippen LogP contribution is 2.35. The molecule has 2 heterocycles. The SMILES string of the molecule is CCC(=O)OC1CC2CCC(C1)N2C. The van der Waals surface area contributed by atoms with Crippen LogP contribution in [0.25, 0.3) is 0 Å². The summed E-state index contributed by atoms with van der Waals surface area (Å²) in [6, 6.07) is 1.31. The van der Waals surface area contributed by atoms with E-state index >= 15 is 0 Å². The molecule has 2 bridgehead atoms. The van der Waals surface area contributed by atoms with Crippen LogP contribution in [-0.4, -0.2) is 36.1 Å². The molecule has 2 unspecified atom stereocenters. The predicted molar refractivity (Wildman–Crippen MR) is 54.0 cm³/mol. The van der Waals surface area contributed by atoms with Crippen molar-refractivity contribution in [1.82, 2.24) is 4.90 Å². The highest BCUT2D eigenvalue weighted by atomic mass is 16.5. The van der Waals surface area contributed by atoms with Crippen LogP contribution in [-0.2, 0) is 9.53 Å². The van der Waals surface area contributed by atoms with Crippen LogP contribution in [0.2, 0.25) is 0 Å². The number of piperidine rings is 1. The molecule has 80 valence electrons. The van der Waals surface area contributed by atoms with E-state index < -0.39 is 0 Å². The van der Waals surface area contributed by atoms with Crippen LogP contribution < -0.4 is 0 Å². The van der Waals surface area contributed by atoms with Crippen molar-refractivity contribution in [3.8, 4) is 0 Å². The smallest absolute Gasteiger partial charge is 0.305 e. The van der Waals surface area contributed by atoms with Gasteiger partial charge in [-0.15, -0.1) is 0 Å². The molecule has 0 aromatic rings. The van der Waals surface area contributed by atoms with Gasteiger partial charge in [0.25, 0.3) is 0 Å². The Hall–Kier alpha value is -0.570. The Kier molecular flexibility index (Phi) is 2.77. The number of ether oxygens (including phenoxy) is 1. The van der Waals surface area contributed by atoms with Crippen LogP contribution in [0.1, 0.15) is 39.0 Å². The van der Waals surface area contributed by atoms with Crippen molar-refractivity contribution in [3.05, 3.63) is 0 Å². The van der Waals surface area contributed by atoms with E-state index in [9.17, 15) is 4.79 Å². The van der Waals surface area contributed by atoms with Crippen molar-refractivity contribution in [2.45, 2.75) is 57.2 Å². The molecule has 3 nitrogen and oxygen atoms in total. The molecule has 2 rings (SSSR count). The first-order valence-electron chi connectivity index (χ1n) is 5.62. The van der Waals surface area contributed by atoms with E-state index in [1.165, 1.54) is 12.8 Å². The third-order valence-electron chi connectivity index (χ3n) is 3.64. The molecule has 0 radical (unpaired) electrons. The van der Waals surface area contributed by atoms with Crippen molar-refractivity contribution < 1.29 is 9.53 Å². The number of fused-ring (bicyclic) bond motifs is 2. The monoisotopic (exact) mass is 197 g/mol. The van der Waals surface area contributed by atoms with Gasteiger partial charge in [-0.2, -0.15) is 0 Å². The topological polar surface area (TPSA) is 29.5 Å². The van der Waals surface area contributed by atoms with E-state index in [4.69, 9.17) is 4.74 Å². The molecular weight excluding hydrogens is 178 g/mol. The fourth-order valence-corrected chi connectivity index (χ4v) is 2.73. The lowest BCUT2D eigenvalue weighted by molar-refractivity contribution is -0.151. The molecule has 2 aliphatic rings. The number of hydrogen-bond acceptors (Lipinski definition) is 3. The molecule has 0 saturated carbocycles. The lowest BCUT2D eigenvalue weighted by atomic mass is 10.0. The largest absolute Gasteiger partial charge is 0.462 e. The molecule has 2 fully saturated rings. The Balaban J connectivity index is 1.90. The van der Waals surface area contributed by atoms with Gasteiger partial charge in [0.05, 0.1) is 0 Å². The van der Waals surface area contributed by atoms with Crippen molar-refractivity contribution in [2.75, 3.05) is 7.05 Å². The zero-order valence-electron chi connectivity index (χ0n) is 9.03. The molecule has 2 saturated heterocycles. The fraction of sp³-hybridized carbons (Fsp3) is 0.909. The lowest BCUT2D eigenvalue weighted by Crippen LogP contribution is -2.43. The number of carbonyl (C=O) groups excluding carboxylic acids is 1. The first-order chi connectivity index (χ1) is 6.70.